The van der Waals surface area contributed by atoms with Crippen LogP contribution in [0.15, 0.2) is 0 Å². The first-order chi connectivity index (χ1) is 6.91. The van der Waals surface area contributed by atoms with Crippen LogP contribution in [0.25, 0.3) is 0 Å². The molecule has 0 saturated heterocycles. The summed E-state index contributed by atoms with van der Waals surface area (Å²) >= 11 is 0. The fourth-order valence-electron chi connectivity index (χ4n) is 2.50. The summed E-state index contributed by atoms with van der Waals surface area (Å²) < 4.78 is 5.34. The van der Waals surface area contributed by atoms with Crippen molar-refractivity contribution in [2.75, 3.05) is 6.61 Å². The van der Waals surface area contributed by atoms with E-state index in [4.69, 9.17) is 9.84 Å². The molecule has 0 bridgehead atoms. The van der Waals surface area contributed by atoms with Crippen molar-refractivity contribution in [1.82, 2.24) is 0 Å². The molecule has 3 heteroatoms. The van der Waals surface area contributed by atoms with Gasteiger partial charge in [-0.25, -0.2) is 4.79 Å². The van der Waals surface area contributed by atoms with Gasteiger partial charge in [-0.2, -0.15) is 0 Å². The fourth-order valence-corrected chi connectivity index (χ4v) is 2.50. The lowest BCUT2D eigenvalue weighted by atomic mass is 9.71. The Morgan fingerprint density at radius 1 is 1.60 bits per heavy atom. The Balaban J connectivity index is 2.38. The van der Waals surface area contributed by atoms with Gasteiger partial charge in [0.1, 0.15) is 6.61 Å². The molecule has 0 aromatic heterocycles. The van der Waals surface area contributed by atoms with Gasteiger partial charge in [0.25, 0.3) is 0 Å². The van der Waals surface area contributed by atoms with Gasteiger partial charge in [-0.3, -0.25) is 0 Å². The van der Waals surface area contributed by atoms with Gasteiger partial charge in [0.05, 0.1) is 6.10 Å². The van der Waals surface area contributed by atoms with Crippen molar-refractivity contribution in [1.29, 1.82) is 0 Å². The van der Waals surface area contributed by atoms with Crippen LogP contribution in [0.4, 0.5) is 0 Å². The van der Waals surface area contributed by atoms with Crippen LogP contribution in [0, 0.1) is 11.3 Å². The number of hydrogen-bond donors (Lipinski definition) is 1. The van der Waals surface area contributed by atoms with Gasteiger partial charge in [-0.1, -0.05) is 20.3 Å². The molecule has 1 N–H and O–H groups in total. The molecule has 0 unspecified atom stereocenters. The van der Waals surface area contributed by atoms with Crippen molar-refractivity contribution in [3.8, 4) is 0 Å². The summed E-state index contributed by atoms with van der Waals surface area (Å²) in [7, 11) is 0. The number of carboxylic acids is 1. The molecule has 0 aromatic carbocycles. The van der Waals surface area contributed by atoms with Gasteiger partial charge in [-0.05, 0) is 37.5 Å². The van der Waals surface area contributed by atoms with Crippen molar-refractivity contribution >= 4 is 5.97 Å². The van der Waals surface area contributed by atoms with Gasteiger partial charge in [0.15, 0.2) is 0 Å². The minimum absolute atomic E-state index is 0.0701. The first kappa shape index (κ1) is 12.5. The molecule has 0 aromatic rings. The monoisotopic (exact) mass is 214 g/mol. The Labute approximate surface area is 91.8 Å². The lowest BCUT2D eigenvalue weighted by molar-refractivity contribution is -0.145. The fraction of sp³-hybridized carbons (Fsp3) is 0.917. The molecule has 1 aliphatic rings. The molecular formula is C12H22O3. The van der Waals surface area contributed by atoms with Crippen LogP contribution < -0.4 is 0 Å². The van der Waals surface area contributed by atoms with Crippen LogP contribution >= 0.6 is 0 Å². The average Bonchev–Trinajstić information content (AvgIpc) is 2.12. The van der Waals surface area contributed by atoms with E-state index in [9.17, 15) is 4.79 Å². The summed E-state index contributed by atoms with van der Waals surface area (Å²) in [6.07, 6.45) is 4.90. The number of hydrogen-bond acceptors (Lipinski definition) is 2. The Bertz CT molecular complexity index is 223. The third-order valence-electron chi connectivity index (χ3n) is 3.38. The third kappa shape index (κ3) is 4.20. The highest BCUT2D eigenvalue weighted by Crippen LogP contribution is 2.40. The van der Waals surface area contributed by atoms with E-state index in [1.165, 1.54) is 19.3 Å². The normalized spacial score (nSPS) is 27.3. The van der Waals surface area contributed by atoms with Crippen LogP contribution in [0.3, 0.4) is 0 Å². The standard InChI is InChI=1S/C12H22O3/c1-9(15-8-11(13)14)10-5-4-6-12(2,3)7-10/h9-10H,4-8H2,1-3H3,(H,13,14)/t9-,10+/m1/s1. The maximum absolute atomic E-state index is 10.4. The van der Waals surface area contributed by atoms with E-state index < -0.39 is 5.97 Å². The molecule has 1 saturated carbocycles. The Morgan fingerprint density at radius 2 is 2.27 bits per heavy atom. The summed E-state index contributed by atoms with van der Waals surface area (Å²) in [4.78, 5) is 10.4. The quantitative estimate of drug-likeness (QED) is 0.782. The first-order valence-corrected chi connectivity index (χ1v) is 5.74. The van der Waals surface area contributed by atoms with Crippen LogP contribution in [-0.2, 0) is 9.53 Å². The van der Waals surface area contributed by atoms with Gasteiger partial charge >= 0.3 is 5.97 Å². The van der Waals surface area contributed by atoms with E-state index in [1.807, 2.05) is 6.92 Å². The summed E-state index contributed by atoms with van der Waals surface area (Å²) in [5.41, 5.74) is 0.393. The molecular weight excluding hydrogens is 192 g/mol. The maximum Gasteiger partial charge on any atom is 0.329 e. The van der Waals surface area contributed by atoms with Gasteiger partial charge in [0.2, 0.25) is 0 Å². The zero-order valence-corrected chi connectivity index (χ0v) is 9.95. The van der Waals surface area contributed by atoms with Crippen molar-refractivity contribution in [2.24, 2.45) is 11.3 Å². The molecule has 1 fully saturated rings. The highest BCUT2D eigenvalue weighted by atomic mass is 16.5. The minimum Gasteiger partial charge on any atom is -0.480 e. The highest BCUT2D eigenvalue weighted by molar-refractivity contribution is 5.68. The number of aliphatic carboxylic acids is 1. The largest absolute Gasteiger partial charge is 0.480 e. The summed E-state index contributed by atoms with van der Waals surface area (Å²) in [6.45, 7) is 6.39. The van der Waals surface area contributed by atoms with Crippen molar-refractivity contribution in [3.63, 3.8) is 0 Å². The molecule has 3 nitrogen and oxygen atoms in total. The third-order valence-corrected chi connectivity index (χ3v) is 3.38. The van der Waals surface area contributed by atoms with Gasteiger partial charge in [0, 0.05) is 0 Å². The molecule has 0 radical (unpaired) electrons. The van der Waals surface area contributed by atoms with E-state index >= 15 is 0 Å². The second-order valence-corrected chi connectivity index (χ2v) is 5.43. The Hall–Kier alpha value is -0.570. The number of carbonyl (C=O) groups is 1. The van der Waals surface area contributed by atoms with Crippen LogP contribution in [0.2, 0.25) is 0 Å². The smallest absolute Gasteiger partial charge is 0.329 e. The second kappa shape index (κ2) is 4.97. The number of carboxylic acid groups (broad SMARTS) is 1. The first-order valence-electron chi connectivity index (χ1n) is 5.74. The summed E-state index contributed by atoms with van der Waals surface area (Å²) in [6, 6.07) is 0. The lowest BCUT2D eigenvalue weighted by Gasteiger charge is -2.37. The molecule has 0 aliphatic heterocycles. The van der Waals surface area contributed by atoms with E-state index in [0.717, 1.165) is 6.42 Å². The minimum atomic E-state index is -0.878. The zero-order chi connectivity index (χ0) is 11.5. The molecule has 15 heavy (non-hydrogen) atoms. The predicted molar refractivity (Wildman–Crippen MR) is 58.8 cm³/mol. The zero-order valence-electron chi connectivity index (χ0n) is 9.95. The average molecular weight is 214 g/mol. The van der Waals surface area contributed by atoms with Gasteiger partial charge in [-0.15, -0.1) is 0 Å². The Morgan fingerprint density at radius 3 is 2.80 bits per heavy atom. The van der Waals surface area contributed by atoms with E-state index in [2.05, 4.69) is 13.8 Å². The summed E-state index contributed by atoms with van der Waals surface area (Å²) in [5, 5.41) is 8.54. The maximum atomic E-state index is 10.4. The molecule has 0 spiro atoms. The topological polar surface area (TPSA) is 46.5 Å². The Kier molecular flexibility index (Phi) is 4.14. The molecule has 0 amide bonds. The second-order valence-electron chi connectivity index (χ2n) is 5.43. The molecule has 1 rings (SSSR count). The molecule has 1 aliphatic carbocycles. The van der Waals surface area contributed by atoms with E-state index in [-0.39, 0.29) is 12.7 Å². The highest BCUT2D eigenvalue weighted by Gasteiger charge is 2.31. The summed E-state index contributed by atoms with van der Waals surface area (Å²) in [5.74, 6) is -0.356. The van der Waals surface area contributed by atoms with Crippen molar-refractivity contribution in [3.05, 3.63) is 0 Å². The molecule has 0 heterocycles. The van der Waals surface area contributed by atoms with Gasteiger partial charge < -0.3 is 9.84 Å². The van der Waals surface area contributed by atoms with Crippen LogP contribution in [0.1, 0.15) is 46.5 Å². The number of ether oxygens (including phenoxy) is 1. The number of rotatable bonds is 4. The lowest BCUT2D eigenvalue weighted by Crippen LogP contribution is -2.31. The molecule has 2 atom stereocenters. The predicted octanol–water partition coefficient (Wildman–Crippen LogP) is 2.69. The van der Waals surface area contributed by atoms with Crippen LogP contribution in [-0.4, -0.2) is 23.8 Å². The van der Waals surface area contributed by atoms with Crippen LogP contribution in [0.5, 0.6) is 0 Å². The van der Waals surface area contributed by atoms with E-state index in [0.29, 0.717) is 11.3 Å². The SMILES string of the molecule is C[C@@H](OCC(=O)O)[C@H]1CCCC(C)(C)C1. The van der Waals surface area contributed by atoms with Crippen molar-refractivity contribution in [2.45, 2.75) is 52.6 Å². The van der Waals surface area contributed by atoms with Crippen molar-refractivity contribution < 1.29 is 14.6 Å². The van der Waals surface area contributed by atoms with E-state index in [1.54, 1.807) is 0 Å². The molecule has 88 valence electrons.